The zero-order valence-electron chi connectivity index (χ0n) is 11.8. The van der Waals surface area contributed by atoms with E-state index in [2.05, 4.69) is 16.3 Å². The van der Waals surface area contributed by atoms with Crippen LogP contribution in [0.1, 0.15) is 30.0 Å². The van der Waals surface area contributed by atoms with Crippen LogP contribution in [-0.2, 0) is 6.18 Å². The molecule has 1 N–H and O–H groups in total. The first-order chi connectivity index (χ1) is 10.5. The molecule has 1 aliphatic rings. The van der Waals surface area contributed by atoms with Crippen molar-refractivity contribution in [2.45, 2.75) is 24.9 Å². The summed E-state index contributed by atoms with van der Waals surface area (Å²) in [4.78, 5) is 2.02. The second-order valence-electron chi connectivity index (χ2n) is 5.57. The largest absolute Gasteiger partial charge is 0.418 e. The molecule has 0 saturated carbocycles. The fourth-order valence-corrected chi connectivity index (χ4v) is 3.13. The third-order valence-electron chi connectivity index (χ3n) is 4.12. The van der Waals surface area contributed by atoms with Crippen molar-refractivity contribution in [3.63, 3.8) is 0 Å². The van der Waals surface area contributed by atoms with E-state index in [1.165, 1.54) is 6.07 Å². The summed E-state index contributed by atoms with van der Waals surface area (Å²) in [6, 6.07) is 6.27. The molecule has 7 heteroatoms. The van der Waals surface area contributed by atoms with Crippen molar-refractivity contribution < 1.29 is 13.2 Å². The minimum absolute atomic E-state index is 0.0439. The second kappa shape index (κ2) is 5.61. The van der Waals surface area contributed by atoms with Gasteiger partial charge in [0, 0.05) is 17.8 Å². The number of nitrogens with zero attached hydrogens (tertiary/aromatic N) is 3. The van der Waals surface area contributed by atoms with Crippen LogP contribution < -0.4 is 0 Å². The zero-order valence-corrected chi connectivity index (χ0v) is 11.8. The Hall–Kier alpha value is -2.07. The zero-order chi connectivity index (χ0) is 15.7. The number of hydrogen-bond acceptors (Lipinski definition) is 3. The maximum absolute atomic E-state index is 13.0. The number of benzene rings is 1. The molecule has 1 atom stereocenters. The minimum Gasteiger partial charge on any atom is -0.290 e. The predicted molar refractivity (Wildman–Crippen MR) is 75.1 cm³/mol. The third-order valence-corrected chi connectivity index (χ3v) is 4.12. The normalized spacial score (nSPS) is 20.2. The Balaban J connectivity index is 1.97. The first-order valence-corrected chi connectivity index (χ1v) is 7.14. The monoisotopic (exact) mass is 308 g/mol. The van der Waals surface area contributed by atoms with E-state index in [1.807, 2.05) is 4.90 Å². The molecule has 1 saturated heterocycles. The van der Waals surface area contributed by atoms with E-state index in [-0.39, 0.29) is 11.4 Å². The first-order valence-electron chi connectivity index (χ1n) is 7.14. The molecular formula is C15H15F3N4. The summed E-state index contributed by atoms with van der Waals surface area (Å²) in [5.41, 5.74) is 0.0274. The molecule has 1 aromatic carbocycles. The van der Waals surface area contributed by atoms with E-state index < -0.39 is 11.7 Å². The van der Waals surface area contributed by atoms with E-state index in [0.717, 1.165) is 25.5 Å². The maximum Gasteiger partial charge on any atom is 0.418 e. The van der Waals surface area contributed by atoms with Crippen molar-refractivity contribution in [1.82, 2.24) is 15.1 Å². The van der Waals surface area contributed by atoms with Gasteiger partial charge in [0.05, 0.1) is 29.4 Å². The van der Waals surface area contributed by atoms with Crippen LogP contribution in [0, 0.1) is 11.3 Å². The number of H-pyrrole nitrogens is 1. The topological polar surface area (TPSA) is 55.7 Å². The van der Waals surface area contributed by atoms with Gasteiger partial charge in [0.2, 0.25) is 0 Å². The van der Waals surface area contributed by atoms with Gasteiger partial charge in [-0.05, 0) is 25.5 Å². The van der Waals surface area contributed by atoms with Gasteiger partial charge in [0.25, 0.3) is 0 Å². The Bertz CT molecular complexity index is 714. The average Bonchev–Trinajstić information content (AvgIpc) is 2.90. The molecule has 2 heterocycles. The van der Waals surface area contributed by atoms with Crippen molar-refractivity contribution in [1.29, 1.82) is 5.26 Å². The van der Waals surface area contributed by atoms with Crippen molar-refractivity contribution in [2.24, 2.45) is 0 Å². The number of alkyl halides is 3. The number of likely N-dealkylation sites (tertiary alicyclic amines) is 1. The van der Waals surface area contributed by atoms with E-state index in [1.54, 1.807) is 6.07 Å². The molecule has 1 fully saturated rings. The molecule has 0 amide bonds. The van der Waals surface area contributed by atoms with Crippen LogP contribution in [0.4, 0.5) is 13.2 Å². The number of halogens is 3. The Morgan fingerprint density at radius 3 is 2.95 bits per heavy atom. The van der Waals surface area contributed by atoms with Crippen LogP contribution in [0.2, 0.25) is 0 Å². The molecule has 116 valence electrons. The molecule has 0 bridgehead atoms. The lowest BCUT2D eigenvalue weighted by Gasteiger charge is -2.30. The van der Waals surface area contributed by atoms with Gasteiger partial charge in [-0.2, -0.15) is 23.5 Å². The quantitative estimate of drug-likeness (QED) is 0.866. The second-order valence-corrected chi connectivity index (χ2v) is 5.57. The lowest BCUT2D eigenvalue weighted by atomic mass is 9.92. The van der Waals surface area contributed by atoms with Crippen molar-refractivity contribution in [3.05, 3.63) is 29.5 Å². The number of fused-ring (bicyclic) bond motifs is 1. The highest BCUT2D eigenvalue weighted by molar-refractivity contribution is 5.85. The molecule has 2 aromatic rings. The molecule has 0 spiro atoms. The van der Waals surface area contributed by atoms with E-state index >= 15 is 0 Å². The van der Waals surface area contributed by atoms with Crippen molar-refractivity contribution in [3.8, 4) is 6.07 Å². The van der Waals surface area contributed by atoms with Crippen LogP contribution in [-0.4, -0.2) is 34.7 Å². The number of hydrogen-bond donors (Lipinski definition) is 1. The maximum atomic E-state index is 13.0. The number of rotatable bonds is 2. The number of aromatic amines is 1. The fraction of sp³-hybridized carbons (Fsp3) is 0.467. The standard InChI is InChI=1S/C15H15F3N4/c16-15(17,18)12-5-1-4-11-13(20-21-14(11)12)10-3-2-7-22(9-10)8-6-19/h1,4-5,10H,2-3,7-9H2,(H,20,21). The van der Waals surface area contributed by atoms with Gasteiger partial charge in [0.1, 0.15) is 0 Å². The lowest BCUT2D eigenvalue weighted by Crippen LogP contribution is -2.34. The summed E-state index contributed by atoms with van der Waals surface area (Å²) >= 11 is 0. The van der Waals surface area contributed by atoms with Crippen LogP contribution in [0.25, 0.3) is 10.9 Å². The van der Waals surface area contributed by atoms with E-state index in [0.29, 0.717) is 24.2 Å². The minimum atomic E-state index is -4.40. The van der Waals surface area contributed by atoms with Gasteiger partial charge in [0.15, 0.2) is 0 Å². The van der Waals surface area contributed by atoms with E-state index in [4.69, 9.17) is 5.26 Å². The van der Waals surface area contributed by atoms with Gasteiger partial charge < -0.3 is 0 Å². The highest BCUT2D eigenvalue weighted by Crippen LogP contribution is 2.37. The summed E-state index contributed by atoms with van der Waals surface area (Å²) in [7, 11) is 0. The number of aromatic nitrogens is 2. The van der Waals surface area contributed by atoms with Crippen molar-refractivity contribution >= 4 is 10.9 Å². The Labute approximate surface area is 125 Å². The van der Waals surface area contributed by atoms with Crippen LogP contribution in [0.15, 0.2) is 18.2 Å². The molecule has 0 aliphatic carbocycles. The van der Waals surface area contributed by atoms with Crippen LogP contribution in [0.5, 0.6) is 0 Å². The Kier molecular flexibility index (Phi) is 3.79. The fourth-order valence-electron chi connectivity index (χ4n) is 3.13. The average molecular weight is 308 g/mol. The van der Waals surface area contributed by atoms with Crippen molar-refractivity contribution in [2.75, 3.05) is 19.6 Å². The summed E-state index contributed by atoms with van der Waals surface area (Å²) in [6.07, 6.45) is -2.61. The van der Waals surface area contributed by atoms with Gasteiger partial charge in [-0.15, -0.1) is 0 Å². The highest BCUT2D eigenvalue weighted by Gasteiger charge is 2.34. The number of nitrogens with one attached hydrogen (secondary N) is 1. The molecule has 1 aromatic heterocycles. The number of para-hydroxylation sites is 1. The third kappa shape index (κ3) is 2.66. The summed E-state index contributed by atoms with van der Waals surface area (Å²) in [5, 5.41) is 16.0. The van der Waals surface area contributed by atoms with Gasteiger partial charge >= 0.3 is 6.18 Å². The lowest BCUT2D eigenvalue weighted by molar-refractivity contribution is -0.136. The molecule has 4 nitrogen and oxygen atoms in total. The Morgan fingerprint density at radius 1 is 1.41 bits per heavy atom. The SMILES string of the molecule is N#CCN1CCCC(c2n[nH]c3c(C(F)(F)F)cccc23)C1. The number of piperidine rings is 1. The first kappa shape index (κ1) is 14.9. The molecular weight excluding hydrogens is 293 g/mol. The van der Waals surface area contributed by atoms with Crippen LogP contribution in [0.3, 0.4) is 0 Å². The smallest absolute Gasteiger partial charge is 0.290 e. The van der Waals surface area contributed by atoms with Gasteiger partial charge in [-0.1, -0.05) is 12.1 Å². The molecule has 1 aliphatic heterocycles. The van der Waals surface area contributed by atoms with Gasteiger partial charge in [-0.25, -0.2) is 0 Å². The summed E-state index contributed by atoms with van der Waals surface area (Å²) < 4.78 is 39.1. The molecule has 22 heavy (non-hydrogen) atoms. The molecule has 0 radical (unpaired) electrons. The summed E-state index contributed by atoms with van der Waals surface area (Å²) in [6.45, 7) is 1.84. The summed E-state index contributed by atoms with van der Waals surface area (Å²) in [5.74, 6) is 0.0549. The van der Waals surface area contributed by atoms with Gasteiger partial charge in [-0.3, -0.25) is 10.00 Å². The predicted octanol–water partition coefficient (Wildman–Crippen LogP) is 3.28. The Morgan fingerprint density at radius 2 is 2.23 bits per heavy atom. The number of nitriles is 1. The highest BCUT2D eigenvalue weighted by atomic mass is 19.4. The molecule has 1 unspecified atom stereocenters. The van der Waals surface area contributed by atoms with Crippen LogP contribution >= 0.6 is 0 Å². The molecule has 3 rings (SSSR count). The van der Waals surface area contributed by atoms with E-state index in [9.17, 15) is 13.2 Å².